The molecule has 6 heteroatoms. The van der Waals surface area contributed by atoms with Gasteiger partial charge in [0.1, 0.15) is 11.4 Å². The molecular formula is C12H12N4O2. The normalized spacial score (nSPS) is 10.7. The SMILES string of the molecule is Cc1ccc(O)c(/C=N\NC(=O)c2ccn[nH]2)c1. The van der Waals surface area contributed by atoms with Gasteiger partial charge >= 0.3 is 0 Å². The van der Waals surface area contributed by atoms with Gasteiger partial charge < -0.3 is 5.11 Å². The van der Waals surface area contributed by atoms with E-state index < -0.39 is 5.91 Å². The summed E-state index contributed by atoms with van der Waals surface area (Å²) in [6.45, 7) is 1.90. The van der Waals surface area contributed by atoms with Crippen LogP contribution >= 0.6 is 0 Å². The van der Waals surface area contributed by atoms with E-state index in [1.807, 2.05) is 6.92 Å². The predicted molar refractivity (Wildman–Crippen MR) is 66.5 cm³/mol. The number of hydrazone groups is 1. The van der Waals surface area contributed by atoms with Crippen LogP contribution in [-0.2, 0) is 0 Å². The number of carbonyl (C=O) groups is 1. The lowest BCUT2D eigenvalue weighted by molar-refractivity contribution is 0.0950. The van der Waals surface area contributed by atoms with Crippen molar-refractivity contribution in [2.75, 3.05) is 0 Å². The lowest BCUT2D eigenvalue weighted by atomic mass is 10.1. The molecule has 18 heavy (non-hydrogen) atoms. The molecule has 0 aliphatic carbocycles. The van der Waals surface area contributed by atoms with Crippen molar-refractivity contribution in [2.45, 2.75) is 6.92 Å². The first-order valence-corrected chi connectivity index (χ1v) is 5.29. The number of aromatic hydroxyl groups is 1. The van der Waals surface area contributed by atoms with Gasteiger partial charge in [0.05, 0.1) is 6.21 Å². The maximum atomic E-state index is 11.5. The summed E-state index contributed by atoms with van der Waals surface area (Å²) in [5.41, 5.74) is 4.18. The zero-order valence-corrected chi connectivity index (χ0v) is 9.71. The first-order valence-electron chi connectivity index (χ1n) is 5.29. The molecule has 0 radical (unpaired) electrons. The Balaban J connectivity index is 2.03. The van der Waals surface area contributed by atoms with Gasteiger partial charge in [-0.25, -0.2) is 5.43 Å². The highest BCUT2D eigenvalue weighted by Gasteiger charge is 2.04. The molecule has 0 bridgehead atoms. The van der Waals surface area contributed by atoms with E-state index in [1.165, 1.54) is 18.5 Å². The summed E-state index contributed by atoms with van der Waals surface area (Å²) in [4.78, 5) is 11.5. The quantitative estimate of drug-likeness (QED) is 0.559. The fourth-order valence-corrected chi connectivity index (χ4v) is 1.38. The summed E-state index contributed by atoms with van der Waals surface area (Å²) >= 11 is 0. The Labute approximate surface area is 103 Å². The van der Waals surface area contributed by atoms with Gasteiger partial charge in [0.15, 0.2) is 0 Å². The second-order valence-electron chi connectivity index (χ2n) is 3.73. The van der Waals surface area contributed by atoms with Gasteiger partial charge in [-0.2, -0.15) is 10.2 Å². The van der Waals surface area contributed by atoms with Gasteiger partial charge in [-0.05, 0) is 25.1 Å². The Bertz CT molecular complexity index is 576. The van der Waals surface area contributed by atoms with Crippen LogP contribution in [0.15, 0.2) is 35.6 Å². The third kappa shape index (κ3) is 2.73. The molecule has 0 fully saturated rings. The van der Waals surface area contributed by atoms with Crippen LogP contribution in [0.3, 0.4) is 0 Å². The summed E-state index contributed by atoms with van der Waals surface area (Å²) in [5, 5.41) is 19.5. The maximum Gasteiger partial charge on any atom is 0.289 e. The number of rotatable bonds is 3. The summed E-state index contributed by atoms with van der Waals surface area (Å²) in [7, 11) is 0. The number of aromatic nitrogens is 2. The van der Waals surface area contributed by atoms with Gasteiger partial charge in [0.2, 0.25) is 0 Å². The minimum Gasteiger partial charge on any atom is -0.507 e. The highest BCUT2D eigenvalue weighted by Crippen LogP contribution is 2.15. The summed E-state index contributed by atoms with van der Waals surface area (Å²) in [5.74, 6) is -0.281. The number of H-pyrrole nitrogens is 1. The van der Waals surface area contributed by atoms with Crippen LogP contribution < -0.4 is 5.43 Å². The molecule has 1 amide bonds. The average molecular weight is 244 g/mol. The molecule has 3 N–H and O–H groups in total. The van der Waals surface area contributed by atoms with Crippen LogP contribution in [0.2, 0.25) is 0 Å². The van der Waals surface area contributed by atoms with E-state index in [4.69, 9.17) is 0 Å². The first kappa shape index (κ1) is 11.8. The predicted octanol–water partition coefficient (Wildman–Crippen LogP) is 1.19. The average Bonchev–Trinajstić information content (AvgIpc) is 2.87. The Hall–Kier alpha value is -2.63. The number of nitrogens with one attached hydrogen (secondary N) is 2. The molecule has 0 atom stereocenters. The zero-order valence-electron chi connectivity index (χ0n) is 9.71. The molecule has 0 aliphatic heterocycles. The summed E-state index contributed by atoms with van der Waals surface area (Å²) in [6, 6.07) is 6.67. The number of phenols is 1. The summed E-state index contributed by atoms with van der Waals surface area (Å²) in [6.07, 6.45) is 2.86. The number of hydrogen-bond acceptors (Lipinski definition) is 4. The largest absolute Gasteiger partial charge is 0.507 e. The van der Waals surface area contributed by atoms with Crippen LogP contribution in [0, 0.1) is 6.92 Å². The molecule has 1 aromatic heterocycles. The smallest absolute Gasteiger partial charge is 0.289 e. The van der Waals surface area contributed by atoms with Crippen molar-refractivity contribution in [1.29, 1.82) is 0 Å². The Kier molecular flexibility index (Phi) is 3.38. The zero-order chi connectivity index (χ0) is 13.0. The molecule has 2 aromatic rings. The number of aromatic amines is 1. The third-order valence-electron chi connectivity index (χ3n) is 2.30. The van der Waals surface area contributed by atoms with Crippen LogP contribution in [0.4, 0.5) is 0 Å². The Morgan fingerprint density at radius 3 is 3.06 bits per heavy atom. The molecule has 0 spiro atoms. The van der Waals surface area contributed by atoms with Crippen molar-refractivity contribution in [3.63, 3.8) is 0 Å². The molecule has 0 saturated carbocycles. The molecule has 0 saturated heterocycles. The van der Waals surface area contributed by atoms with E-state index in [2.05, 4.69) is 20.7 Å². The van der Waals surface area contributed by atoms with Gasteiger partial charge in [-0.1, -0.05) is 11.6 Å². The van der Waals surface area contributed by atoms with Crippen LogP contribution in [0.25, 0.3) is 0 Å². The monoisotopic (exact) mass is 244 g/mol. The molecule has 0 unspecified atom stereocenters. The van der Waals surface area contributed by atoms with Crippen molar-refractivity contribution < 1.29 is 9.90 Å². The number of phenolic OH excluding ortho intramolecular Hbond substituents is 1. The lowest BCUT2D eigenvalue weighted by Gasteiger charge is -2.00. The van der Waals surface area contributed by atoms with Crippen molar-refractivity contribution in [1.82, 2.24) is 15.6 Å². The Morgan fingerprint density at radius 1 is 1.50 bits per heavy atom. The summed E-state index contributed by atoms with van der Waals surface area (Å²) < 4.78 is 0. The highest BCUT2D eigenvalue weighted by molar-refractivity contribution is 5.93. The number of amides is 1. The molecule has 1 heterocycles. The van der Waals surface area contributed by atoms with E-state index >= 15 is 0 Å². The second-order valence-corrected chi connectivity index (χ2v) is 3.73. The topological polar surface area (TPSA) is 90.4 Å². The van der Waals surface area contributed by atoms with Crippen molar-refractivity contribution in [2.24, 2.45) is 5.10 Å². The molecule has 92 valence electrons. The maximum absolute atomic E-state index is 11.5. The van der Waals surface area contributed by atoms with E-state index in [1.54, 1.807) is 18.2 Å². The minimum absolute atomic E-state index is 0.111. The standard InChI is InChI=1S/C12H12N4O2/c1-8-2-3-11(17)9(6-8)7-14-16-12(18)10-4-5-13-15-10/h2-7,17H,1H3,(H,13,15)(H,16,18)/b14-7-. The number of hydrogen-bond donors (Lipinski definition) is 3. The molecule has 0 aliphatic rings. The number of aryl methyl sites for hydroxylation is 1. The van der Waals surface area contributed by atoms with E-state index in [0.717, 1.165) is 5.56 Å². The van der Waals surface area contributed by atoms with Crippen molar-refractivity contribution in [3.05, 3.63) is 47.3 Å². The molecule has 2 rings (SSSR count). The number of nitrogens with zero attached hydrogens (tertiary/aromatic N) is 2. The molecule has 6 nitrogen and oxygen atoms in total. The second kappa shape index (κ2) is 5.13. The van der Waals surface area contributed by atoms with Crippen LogP contribution in [0.5, 0.6) is 5.75 Å². The minimum atomic E-state index is -0.393. The van der Waals surface area contributed by atoms with Crippen LogP contribution in [0.1, 0.15) is 21.6 Å². The highest BCUT2D eigenvalue weighted by atomic mass is 16.3. The van der Waals surface area contributed by atoms with Crippen molar-refractivity contribution in [3.8, 4) is 5.75 Å². The van der Waals surface area contributed by atoms with Crippen molar-refractivity contribution >= 4 is 12.1 Å². The number of benzene rings is 1. The van der Waals surface area contributed by atoms with E-state index in [9.17, 15) is 9.90 Å². The number of carbonyl (C=O) groups excluding carboxylic acids is 1. The Morgan fingerprint density at radius 2 is 2.33 bits per heavy atom. The van der Waals surface area contributed by atoms with Crippen LogP contribution in [-0.4, -0.2) is 27.4 Å². The van der Waals surface area contributed by atoms with Gasteiger partial charge in [0.25, 0.3) is 5.91 Å². The van der Waals surface area contributed by atoms with Gasteiger partial charge in [-0.15, -0.1) is 0 Å². The first-order chi connectivity index (χ1) is 8.66. The van der Waals surface area contributed by atoms with E-state index in [-0.39, 0.29) is 5.75 Å². The van der Waals surface area contributed by atoms with Gasteiger partial charge in [0, 0.05) is 11.8 Å². The fraction of sp³-hybridized carbons (Fsp3) is 0.0833. The fourth-order valence-electron chi connectivity index (χ4n) is 1.38. The molecular weight excluding hydrogens is 232 g/mol. The lowest BCUT2D eigenvalue weighted by Crippen LogP contribution is -2.18. The van der Waals surface area contributed by atoms with E-state index in [0.29, 0.717) is 11.3 Å². The third-order valence-corrected chi connectivity index (χ3v) is 2.30. The molecule has 1 aromatic carbocycles. The van der Waals surface area contributed by atoms with Gasteiger partial charge in [-0.3, -0.25) is 9.89 Å².